The van der Waals surface area contributed by atoms with Gasteiger partial charge in [-0.1, -0.05) is 12.2 Å². The van der Waals surface area contributed by atoms with E-state index in [9.17, 15) is 0 Å². The SMILES string of the molecule is N.O=S(=O)([O-])[O-].O=S(=O)([O-])[O-].O=S(=O)([O-])[O-].[N-]=C=S.[Na+].[Ni+2].[Ni+2].[Zn+2]. The minimum Gasteiger partial charge on any atom is -0.759 e. The molecule has 0 amide bonds. The number of thiocarbonyl (C=S) groups is 1. The fourth-order valence-electron chi connectivity index (χ4n) is 0. The molecule has 0 unspecified atom stereocenters. The van der Waals surface area contributed by atoms with Crippen molar-refractivity contribution in [3.8, 4) is 0 Å². The Morgan fingerprint density at radius 2 is 0.696 bits per heavy atom. The first-order valence-corrected chi connectivity index (χ1v) is 6.84. The first-order chi connectivity index (χ1) is 7.41. The molecule has 0 aromatic carbocycles. The summed E-state index contributed by atoms with van der Waals surface area (Å²) in [7, 11) is -15.5. The molecule has 0 heterocycles. The molecule has 0 aliphatic carbocycles. The minimum absolute atomic E-state index is 0. The molecule has 0 rings (SSSR count). The van der Waals surface area contributed by atoms with Gasteiger partial charge in [-0.3, -0.25) is 25.3 Å². The van der Waals surface area contributed by atoms with Crippen molar-refractivity contribution in [2.75, 3.05) is 0 Å². The van der Waals surface area contributed by atoms with Crippen molar-refractivity contribution in [2.24, 2.45) is 0 Å². The van der Waals surface area contributed by atoms with Gasteiger partial charge in [0.05, 0.1) is 0 Å². The van der Waals surface area contributed by atoms with Crippen LogP contribution in [-0.4, -0.2) is 57.7 Å². The zero-order chi connectivity index (χ0) is 16.2. The second kappa shape index (κ2) is 28.8. The van der Waals surface area contributed by atoms with Gasteiger partial charge in [0, 0.05) is 31.2 Å². The molecule has 0 spiro atoms. The first kappa shape index (κ1) is 56.3. The van der Waals surface area contributed by atoms with Gasteiger partial charge in [-0.2, -0.15) is 5.16 Å². The monoisotopic (exact) mass is 566 g/mol. The van der Waals surface area contributed by atoms with Crippen LogP contribution in [-0.2, 0) is 83.7 Å². The summed E-state index contributed by atoms with van der Waals surface area (Å²) < 4.78 is 102. The smallest absolute Gasteiger partial charge is 0.759 e. The summed E-state index contributed by atoms with van der Waals surface area (Å²) in [5.74, 6) is 0. The molecule has 0 aliphatic heterocycles. The number of nitrogens with zero attached hydrogens (tertiary/aromatic N) is 1. The molecule has 0 fully saturated rings. The number of hydrogen-bond acceptors (Lipinski definition) is 14. The fourth-order valence-corrected chi connectivity index (χ4v) is 0. The quantitative estimate of drug-likeness (QED) is 0.0933. The topological polar surface area (TPSA) is 298 Å². The number of isothiocyanates is 1. The van der Waals surface area contributed by atoms with E-state index < -0.39 is 31.2 Å². The largest absolute Gasteiger partial charge is 2.00 e. The second-order valence-corrected chi connectivity index (χ2v) is 3.95. The van der Waals surface area contributed by atoms with Crippen LogP contribution >= 0.6 is 12.2 Å². The van der Waals surface area contributed by atoms with E-state index in [1.54, 1.807) is 0 Å². The maximum atomic E-state index is 8.52. The van der Waals surface area contributed by atoms with Crippen LogP contribution in [0.15, 0.2) is 0 Å². The Balaban J connectivity index is -0.0000000153. The van der Waals surface area contributed by atoms with Crippen LogP contribution in [0.5, 0.6) is 0 Å². The van der Waals surface area contributed by atoms with E-state index in [-0.39, 0.29) is 88.2 Å². The molecule has 0 aromatic heterocycles. The Labute approximate surface area is 192 Å². The van der Waals surface area contributed by atoms with Gasteiger partial charge in [0.2, 0.25) is 0 Å². The third-order valence-electron chi connectivity index (χ3n) is 0. The van der Waals surface area contributed by atoms with Crippen LogP contribution in [0.1, 0.15) is 0 Å². The van der Waals surface area contributed by atoms with Crippen molar-refractivity contribution in [3.05, 3.63) is 5.41 Å². The minimum atomic E-state index is -5.17. The summed E-state index contributed by atoms with van der Waals surface area (Å²) in [6, 6.07) is 0. The van der Waals surface area contributed by atoms with E-state index in [2.05, 4.69) is 12.2 Å². The van der Waals surface area contributed by atoms with E-state index in [1.807, 2.05) is 0 Å². The van der Waals surface area contributed by atoms with Gasteiger partial charge in [0.1, 0.15) is 0 Å². The molecule has 3 N–H and O–H groups in total. The summed E-state index contributed by atoms with van der Waals surface area (Å²) in [4.78, 5) is 0. The Hall–Kier alpha value is 1.98. The fraction of sp³-hybridized carbons (Fsp3) is 0. The molecule has 0 saturated carbocycles. The van der Waals surface area contributed by atoms with Crippen LogP contribution in [0.25, 0.3) is 5.41 Å². The summed E-state index contributed by atoms with van der Waals surface area (Å²) in [5, 5.41) is 8.47. The molecule has 136 valence electrons. The van der Waals surface area contributed by atoms with Gasteiger partial charge < -0.3 is 38.9 Å². The number of hydrogen-bond donors (Lipinski definition) is 1. The van der Waals surface area contributed by atoms with E-state index in [0.717, 1.165) is 0 Å². The molecule has 23 heavy (non-hydrogen) atoms. The van der Waals surface area contributed by atoms with E-state index in [4.69, 9.17) is 58.0 Å². The standard InChI is InChI=1S/CNS.H3N.Na.2Ni.3H2O4S.Zn/c2-1-3;;;;;3*1-5(2,3)4;/h;1H3;;;;3*(H2,1,2,3,4);/q-1;;+1;2*+2;;;;+2/p-6. The van der Waals surface area contributed by atoms with Crippen molar-refractivity contribution in [1.82, 2.24) is 6.15 Å². The third-order valence-corrected chi connectivity index (χ3v) is 0. The number of rotatable bonds is 0. The molecule has 14 nitrogen and oxygen atoms in total. The van der Waals surface area contributed by atoms with Crippen molar-refractivity contribution in [1.29, 1.82) is 0 Å². The zero-order valence-corrected chi connectivity index (χ0v) is 20.7. The first-order valence-electron chi connectivity index (χ1n) is 2.43. The molecule has 0 saturated heterocycles. The van der Waals surface area contributed by atoms with E-state index >= 15 is 0 Å². The van der Waals surface area contributed by atoms with Crippen molar-refractivity contribution in [2.45, 2.75) is 0 Å². The van der Waals surface area contributed by atoms with Gasteiger partial charge in [-0.25, -0.2) is 0 Å². The molecule has 0 aliphatic rings. The van der Waals surface area contributed by atoms with Crippen LogP contribution < -0.4 is 35.7 Å². The third kappa shape index (κ3) is 2950. The van der Waals surface area contributed by atoms with Crippen molar-refractivity contribution in [3.63, 3.8) is 0 Å². The second-order valence-electron chi connectivity index (χ2n) is 1.32. The normalized spacial score (nSPS) is 7.91. The molecule has 0 bridgehead atoms. The van der Waals surface area contributed by atoms with Crippen LogP contribution in [0.3, 0.4) is 0 Å². The molecule has 0 atom stereocenters. The molecular formula is CH3N2NaNi2O12S4Zn. The summed E-state index contributed by atoms with van der Waals surface area (Å²) in [6.45, 7) is 0. The summed E-state index contributed by atoms with van der Waals surface area (Å²) in [6.07, 6.45) is 0. The molecule has 22 heteroatoms. The predicted molar refractivity (Wildman–Crippen MR) is 52.4 cm³/mol. The average Bonchev–Trinajstić information content (AvgIpc) is 1.71. The van der Waals surface area contributed by atoms with E-state index in [0.29, 0.717) is 0 Å². The summed E-state index contributed by atoms with van der Waals surface area (Å²) >= 11 is 3.70. The Morgan fingerprint density at radius 3 is 0.696 bits per heavy atom. The molecule has 0 aromatic rings. The van der Waals surface area contributed by atoms with Gasteiger partial charge in [0.15, 0.2) is 0 Å². The maximum Gasteiger partial charge on any atom is 2.00 e. The molecule has 0 radical (unpaired) electrons. The van der Waals surface area contributed by atoms with Crippen LogP contribution in [0, 0.1) is 0 Å². The Bertz CT molecular complexity index is 444. The van der Waals surface area contributed by atoms with Gasteiger partial charge in [0.25, 0.3) is 0 Å². The van der Waals surface area contributed by atoms with Crippen molar-refractivity contribution >= 4 is 48.6 Å². The van der Waals surface area contributed by atoms with E-state index in [1.165, 1.54) is 5.16 Å². The Morgan fingerprint density at radius 1 is 0.696 bits per heavy atom. The zero-order valence-electron chi connectivity index (χ0n) is 10.5. The Kier molecular flexibility index (Phi) is 70.4. The average molecular weight is 569 g/mol. The van der Waals surface area contributed by atoms with Gasteiger partial charge in [-0.05, 0) is 0 Å². The van der Waals surface area contributed by atoms with Crippen LogP contribution in [0.4, 0.5) is 0 Å². The van der Waals surface area contributed by atoms with Gasteiger partial charge in [-0.15, -0.1) is 0 Å². The summed E-state index contributed by atoms with van der Waals surface area (Å²) in [5.41, 5.74) is 0. The van der Waals surface area contributed by atoms with Crippen molar-refractivity contribution < 1.29 is 135 Å². The van der Waals surface area contributed by atoms with Gasteiger partial charge >= 0.3 is 82.0 Å². The predicted octanol–water partition coefficient (Wildman–Crippen LogP) is -6.20. The maximum absolute atomic E-state index is 8.52. The molecular weight excluding hydrogens is 566 g/mol. The van der Waals surface area contributed by atoms with Crippen LogP contribution in [0.2, 0.25) is 0 Å².